The van der Waals surface area contributed by atoms with Crippen molar-refractivity contribution < 1.29 is 0 Å². The number of nitrogens with zero attached hydrogens (tertiary/aromatic N) is 1. The first-order valence-electron chi connectivity index (χ1n) is 2.97. The molecular formula is C7H7ClN2S. The SMILES string of the molecule is Cl.Nc1nc2ccccc2s1. The molecule has 58 valence electrons. The van der Waals surface area contributed by atoms with Gasteiger partial charge in [-0.1, -0.05) is 23.5 Å². The molecule has 4 heteroatoms. The van der Waals surface area contributed by atoms with E-state index in [0.29, 0.717) is 5.13 Å². The quantitative estimate of drug-likeness (QED) is 0.686. The summed E-state index contributed by atoms with van der Waals surface area (Å²) in [4.78, 5) is 4.11. The fourth-order valence-electron chi connectivity index (χ4n) is 0.890. The van der Waals surface area contributed by atoms with Gasteiger partial charge in [0.2, 0.25) is 0 Å². The van der Waals surface area contributed by atoms with E-state index in [0.717, 1.165) is 10.2 Å². The highest BCUT2D eigenvalue weighted by Gasteiger charge is 1.96. The summed E-state index contributed by atoms with van der Waals surface area (Å²) in [7, 11) is 0. The van der Waals surface area contributed by atoms with Crippen LogP contribution in [0.1, 0.15) is 0 Å². The molecular weight excluding hydrogens is 180 g/mol. The van der Waals surface area contributed by atoms with Crippen LogP contribution >= 0.6 is 23.7 Å². The molecule has 0 aliphatic heterocycles. The first-order valence-corrected chi connectivity index (χ1v) is 3.79. The summed E-state index contributed by atoms with van der Waals surface area (Å²) in [5.41, 5.74) is 6.49. The van der Waals surface area contributed by atoms with E-state index in [2.05, 4.69) is 4.98 Å². The lowest BCUT2D eigenvalue weighted by Crippen LogP contribution is -1.78. The summed E-state index contributed by atoms with van der Waals surface area (Å²) in [6.07, 6.45) is 0. The fourth-order valence-corrected chi connectivity index (χ4v) is 1.62. The molecule has 0 saturated carbocycles. The molecule has 0 amide bonds. The maximum Gasteiger partial charge on any atom is 0.181 e. The number of benzene rings is 1. The second-order valence-corrected chi connectivity index (χ2v) is 3.08. The average molecular weight is 187 g/mol. The molecule has 2 nitrogen and oxygen atoms in total. The molecule has 1 aromatic heterocycles. The molecule has 2 aromatic rings. The summed E-state index contributed by atoms with van der Waals surface area (Å²) in [6.45, 7) is 0. The van der Waals surface area contributed by atoms with Crippen LogP contribution in [0.5, 0.6) is 0 Å². The van der Waals surface area contributed by atoms with Gasteiger partial charge in [0.15, 0.2) is 5.13 Å². The van der Waals surface area contributed by atoms with Gasteiger partial charge in [-0.15, -0.1) is 12.4 Å². The molecule has 0 aliphatic carbocycles. The predicted octanol–water partition coefficient (Wildman–Crippen LogP) is 2.30. The predicted molar refractivity (Wildman–Crippen MR) is 51.3 cm³/mol. The molecule has 1 aromatic carbocycles. The maximum absolute atomic E-state index is 5.50. The van der Waals surface area contributed by atoms with Crippen LogP contribution in [0.2, 0.25) is 0 Å². The van der Waals surface area contributed by atoms with Crippen LogP contribution in [-0.2, 0) is 0 Å². The van der Waals surface area contributed by atoms with Gasteiger partial charge in [0, 0.05) is 0 Å². The first-order chi connectivity index (χ1) is 4.86. The van der Waals surface area contributed by atoms with Crippen LogP contribution in [0.4, 0.5) is 5.13 Å². The number of aromatic nitrogens is 1. The number of rotatable bonds is 0. The summed E-state index contributed by atoms with van der Waals surface area (Å²) in [5.74, 6) is 0. The molecule has 0 spiro atoms. The van der Waals surface area contributed by atoms with Crippen molar-refractivity contribution in [3.05, 3.63) is 24.3 Å². The molecule has 11 heavy (non-hydrogen) atoms. The van der Waals surface area contributed by atoms with Gasteiger partial charge < -0.3 is 5.73 Å². The van der Waals surface area contributed by atoms with E-state index in [-0.39, 0.29) is 12.4 Å². The standard InChI is InChI=1S/C7H6N2S.ClH/c8-7-9-5-3-1-2-4-6(5)10-7;/h1-4H,(H2,8,9);1H. The number of hydrogen-bond donors (Lipinski definition) is 1. The Morgan fingerprint density at radius 2 is 2.00 bits per heavy atom. The molecule has 1 heterocycles. The third-order valence-corrected chi connectivity index (χ3v) is 2.18. The Balaban J connectivity index is 0.000000605. The van der Waals surface area contributed by atoms with E-state index in [9.17, 15) is 0 Å². The van der Waals surface area contributed by atoms with Gasteiger partial charge in [-0.3, -0.25) is 0 Å². The van der Waals surface area contributed by atoms with Gasteiger partial charge in [-0.05, 0) is 12.1 Å². The van der Waals surface area contributed by atoms with Gasteiger partial charge >= 0.3 is 0 Å². The van der Waals surface area contributed by atoms with Crippen LogP contribution in [-0.4, -0.2) is 4.98 Å². The summed E-state index contributed by atoms with van der Waals surface area (Å²) in [5, 5.41) is 0.640. The summed E-state index contributed by atoms with van der Waals surface area (Å²) < 4.78 is 1.15. The molecule has 0 aliphatic rings. The zero-order valence-corrected chi connectivity index (χ0v) is 7.28. The van der Waals surface area contributed by atoms with Crippen LogP contribution in [0.15, 0.2) is 24.3 Å². The van der Waals surface area contributed by atoms with Crippen molar-refractivity contribution in [2.45, 2.75) is 0 Å². The Kier molecular flexibility index (Phi) is 2.31. The van der Waals surface area contributed by atoms with Crippen LogP contribution in [0.25, 0.3) is 10.2 Å². The van der Waals surface area contributed by atoms with Gasteiger partial charge in [0.05, 0.1) is 10.2 Å². The molecule has 0 fully saturated rings. The van der Waals surface area contributed by atoms with Gasteiger partial charge in [-0.2, -0.15) is 0 Å². The minimum Gasteiger partial charge on any atom is -0.375 e. The number of thiazole rings is 1. The third-order valence-electron chi connectivity index (χ3n) is 1.31. The molecule has 2 rings (SSSR count). The minimum atomic E-state index is 0. The molecule has 2 N–H and O–H groups in total. The lowest BCUT2D eigenvalue weighted by molar-refractivity contribution is 1.50. The molecule has 0 saturated heterocycles. The van der Waals surface area contributed by atoms with E-state index < -0.39 is 0 Å². The minimum absolute atomic E-state index is 0. The highest BCUT2D eigenvalue weighted by molar-refractivity contribution is 7.22. The second-order valence-electron chi connectivity index (χ2n) is 2.02. The number of anilines is 1. The van der Waals surface area contributed by atoms with E-state index >= 15 is 0 Å². The Bertz CT molecular complexity index is 325. The number of fused-ring (bicyclic) bond motifs is 1. The highest BCUT2D eigenvalue weighted by Crippen LogP contribution is 2.22. The monoisotopic (exact) mass is 186 g/mol. The fraction of sp³-hybridized carbons (Fsp3) is 0. The number of hydrogen-bond acceptors (Lipinski definition) is 3. The van der Waals surface area contributed by atoms with E-state index in [1.54, 1.807) is 0 Å². The second kappa shape index (κ2) is 3.07. The zero-order chi connectivity index (χ0) is 6.97. The lowest BCUT2D eigenvalue weighted by atomic mass is 10.3. The highest BCUT2D eigenvalue weighted by atomic mass is 35.5. The van der Waals surface area contributed by atoms with Gasteiger partial charge in [0.25, 0.3) is 0 Å². The van der Waals surface area contributed by atoms with Crippen LogP contribution < -0.4 is 5.73 Å². The van der Waals surface area contributed by atoms with E-state index in [1.807, 2.05) is 24.3 Å². The van der Waals surface area contributed by atoms with E-state index in [4.69, 9.17) is 5.73 Å². The van der Waals surface area contributed by atoms with E-state index in [1.165, 1.54) is 11.3 Å². The van der Waals surface area contributed by atoms with Crippen molar-refractivity contribution in [2.24, 2.45) is 0 Å². The van der Waals surface area contributed by atoms with Gasteiger partial charge in [-0.25, -0.2) is 4.98 Å². The first kappa shape index (κ1) is 8.30. The number of para-hydroxylation sites is 1. The molecule has 0 atom stereocenters. The summed E-state index contributed by atoms with van der Waals surface area (Å²) in [6, 6.07) is 7.92. The Hall–Kier alpha value is -0.800. The number of halogens is 1. The Labute approximate surface area is 74.5 Å². The van der Waals surface area contributed by atoms with Crippen LogP contribution in [0.3, 0.4) is 0 Å². The normalized spacial score (nSPS) is 9.45. The van der Waals surface area contributed by atoms with Crippen LogP contribution in [0, 0.1) is 0 Å². The van der Waals surface area contributed by atoms with Crippen molar-refractivity contribution in [1.82, 2.24) is 4.98 Å². The average Bonchev–Trinajstić information content (AvgIpc) is 2.27. The van der Waals surface area contributed by atoms with Crippen molar-refractivity contribution in [2.75, 3.05) is 5.73 Å². The largest absolute Gasteiger partial charge is 0.375 e. The topological polar surface area (TPSA) is 38.9 Å². The smallest absolute Gasteiger partial charge is 0.181 e. The molecule has 0 bridgehead atoms. The van der Waals surface area contributed by atoms with Crippen molar-refractivity contribution in [3.8, 4) is 0 Å². The lowest BCUT2D eigenvalue weighted by Gasteiger charge is -1.80. The maximum atomic E-state index is 5.50. The Morgan fingerprint density at radius 1 is 1.27 bits per heavy atom. The zero-order valence-electron chi connectivity index (χ0n) is 5.65. The van der Waals surface area contributed by atoms with Crippen molar-refractivity contribution >= 4 is 39.1 Å². The third kappa shape index (κ3) is 1.44. The summed E-state index contributed by atoms with van der Waals surface area (Å²) >= 11 is 1.52. The van der Waals surface area contributed by atoms with Crippen molar-refractivity contribution in [1.29, 1.82) is 0 Å². The van der Waals surface area contributed by atoms with Gasteiger partial charge in [0.1, 0.15) is 0 Å². The molecule has 0 radical (unpaired) electrons. The Morgan fingerprint density at radius 3 is 2.73 bits per heavy atom. The number of nitrogens with two attached hydrogens (primary N) is 1. The number of nitrogen functional groups attached to an aromatic ring is 1. The van der Waals surface area contributed by atoms with Crippen molar-refractivity contribution in [3.63, 3.8) is 0 Å². The molecule has 0 unspecified atom stereocenters.